The lowest BCUT2D eigenvalue weighted by Crippen LogP contribution is -2.26. The molecule has 15 heavy (non-hydrogen) atoms. The highest BCUT2D eigenvalue weighted by atomic mass is 79.9. The van der Waals surface area contributed by atoms with Gasteiger partial charge in [0.05, 0.1) is 0 Å². The number of hydrogen-bond donors (Lipinski definition) is 1. The molecule has 2 rings (SSSR count). The van der Waals surface area contributed by atoms with Gasteiger partial charge in [-0.1, -0.05) is 34.1 Å². The summed E-state index contributed by atoms with van der Waals surface area (Å²) in [5.41, 5.74) is 1.26. The second-order valence-electron chi connectivity index (χ2n) is 4.38. The Bertz CT molecular complexity index is 278. The van der Waals surface area contributed by atoms with Crippen molar-refractivity contribution in [2.75, 3.05) is 10.6 Å². The third-order valence-corrected chi connectivity index (χ3v) is 4.13. The van der Waals surface area contributed by atoms with Crippen molar-refractivity contribution in [2.24, 2.45) is 5.92 Å². The van der Waals surface area contributed by atoms with Crippen LogP contribution in [-0.4, -0.2) is 11.4 Å². The van der Waals surface area contributed by atoms with Crippen LogP contribution in [0.25, 0.3) is 0 Å². The zero-order valence-corrected chi connectivity index (χ0v) is 10.5. The Kier molecular flexibility index (Phi) is 4.07. The molecule has 0 aliphatic heterocycles. The maximum absolute atomic E-state index is 3.61. The predicted octanol–water partition coefficient (Wildman–Crippen LogP) is 4.05. The van der Waals surface area contributed by atoms with Crippen molar-refractivity contribution in [1.29, 1.82) is 0 Å². The third-order valence-electron chi connectivity index (χ3n) is 3.21. The van der Waals surface area contributed by atoms with Crippen LogP contribution in [0.1, 0.15) is 25.7 Å². The topological polar surface area (TPSA) is 12.0 Å². The lowest BCUT2D eigenvalue weighted by Gasteiger charge is -2.28. The molecule has 0 unspecified atom stereocenters. The molecular formula is C13H18BrN. The first kappa shape index (κ1) is 11.0. The van der Waals surface area contributed by atoms with Crippen LogP contribution in [0.5, 0.6) is 0 Å². The average Bonchev–Trinajstić information content (AvgIpc) is 2.31. The van der Waals surface area contributed by atoms with Gasteiger partial charge in [-0.3, -0.25) is 0 Å². The second-order valence-corrected chi connectivity index (χ2v) is 5.03. The summed E-state index contributed by atoms with van der Waals surface area (Å²) >= 11 is 3.58. The van der Waals surface area contributed by atoms with E-state index in [-0.39, 0.29) is 0 Å². The van der Waals surface area contributed by atoms with Crippen molar-refractivity contribution in [3.8, 4) is 0 Å². The van der Waals surface area contributed by atoms with E-state index in [2.05, 4.69) is 51.6 Å². The molecule has 1 saturated carbocycles. The summed E-state index contributed by atoms with van der Waals surface area (Å²) in [7, 11) is 0. The van der Waals surface area contributed by atoms with Gasteiger partial charge >= 0.3 is 0 Å². The van der Waals surface area contributed by atoms with Gasteiger partial charge in [0.15, 0.2) is 0 Å². The van der Waals surface area contributed by atoms with Gasteiger partial charge in [0.25, 0.3) is 0 Å². The number of halogens is 1. The van der Waals surface area contributed by atoms with E-state index in [4.69, 9.17) is 0 Å². The van der Waals surface area contributed by atoms with Crippen molar-refractivity contribution in [3.63, 3.8) is 0 Å². The highest BCUT2D eigenvalue weighted by Gasteiger charge is 2.19. The molecule has 0 aromatic heterocycles. The number of anilines is 1. The lowest BCUT2D eigenvalue weighted by molar-refractivity contribution is 0.367. The van der Waals surface area contributed by atoms with E-state index in [1.54, 1.807) is 0 Å². The number of hydrogen-bond acceptors (Lipinski definition) is 1. The summed E-state index contributed by atoms with van der Waals surface area (Å²) in [6.45, 7) is 0. The Morgan fingerprint density at radius 1 is 1.07 bits per heavy atom. The van der Waals surface area contributed by atoms with Gasteiger partial charge in [-0.05, 0) is 43.7 Å². The molecule has 2 heteroatoms. The monoisotopic (exact) mass is 267 g/mol. The number of rotatable bonds is 3. The smallest absolute Gasteiger partial charge is 0.0342 e. The molecule has 1 N–H and O–H groups in total. The van der Waals surface area contributed by atoms with Gasteiger partial charge in [0.1, 0.15) is 0 Å². The molecule has 1 aliphatic rings. The molecular weight excluding hydrogens is 250 g/mol. The summed E-state index contributed by atoms with van der Waals surface area (Å²) in [5.74, 6) is 0.902. The van der Waals surface area contributed by atoms with Crippen LogP contribution >= 0.6 is 15.9 Å². The van der Waals surface area contributed by atoms with E-state index in [1.165, 1.54) is 36.7 Å². The van der Waals surface area contributed by atoms with Crippen LogP contribution in [0.15, 0.2) is 30.3 Å². The van der Waals surface area contributed by atoms with Crippen LogP contribution in [0.3, 0.4) is 0 Å². The Labute approximate surface area is 100 Å². The molecule has 1 aromatic carbocycles. The van der Waals surface area contributed by atoms with Gasteiger partial charge in [-0.25, -0.2) is 0 Å². The Balaban J connectivity index is 1.82. The minimum Gasteiger partial charge on any atom is -0.382 e. The molecule has 1 nitrogen and oxygen atoms in total. The fourth-order valence-electron chi connectivity index (χ4n) is 2.23. The molecule has 0 bridgehead atoms. The second kappa shape index (κ2) is 5.55. The average molecular weight is 268 g/mol. The molecule has 0 spiro atoms. The summed E-state index contributed by atoms with van der Waals surface area (Å²) < 4.78 is 0. The van der Waals surface area contributed by atoms with Crippen molar-refractivity contribution in [3.05, 3.63) is 30.3 Å². The number of alkyl halides is 1. The van der Waals surface area contributed by atoms with E-state index < -0.39 is 0 Å². The first-order valence-electron chi connectivity index (χ1n) is 5.76. The molecule has 0 radical (unpaired) electrons. The van der Waals surface area contributed by atoms with Gasteiger partial charge in [-0.15, -0.1) is 0 Å². The van der Waals surface area contributed by atoms with Gasteiger partial charge in [-0.2, -0.15) is 0 Å². The Hall–Kier alpha value is -0.500. The van der Waals surface area contributed by atoms with Crippen LogP contribution in [-0.2, 0) is 0 Å². The minimum absolute atomic E-state index is 0.683. The standard InChI is InChI=1S/C13H18BrN/c14-10-11-6-8-13(9-7-11)15-12-4-2-1-3-5-12/h1-5,11,13,15H,6-10H2. The highest BCUT2D eigenvalue weighted by molar-refractivity contribution is 9.09. The third kappa shape index (κ3) is 3.23. The zero-order valence-electron chi connectivity index (χ0n) is 8.95. The van der Waals surface area contributed by atoms with E-state index in [1.807, 2.05) is 0 Å². The van der Waals surface area contributed by atoms with E-state index in [0.29, 0.717) is 6.04 Å². The summed E-state index contributed by atoms with van der Waals surface area (Å²) in [4.78, 5) is 0. The van der Waals surface area contributed by atoms with Crippen molar-refractivity contribution in [2.45, 2.75) is 31.7 Å². The molecule has 1 aromatic rings. The van der Waals surface area contributed by atoms with Crippen LogP contribution in [0, 0.1) is 5.92 Å². The summed E-state index contributed by atoms with van der Waals surface area (Å²) in [5, 5.41) is 4.78. The summed E-state index contributed by atoms with van der Waals surface area (Å²) in [6, 6.07) is 11.2. The maximum atomic E-state index is 3.61. The normalized spacial score (nSPS) is 26.2. The largest absolute Gasteiger partial charge is 0.382 e. The van der Waals surface area contributed by atoms with Gasteiger partial charge in [0.2, 0.25) is 0 Å². The first-order valence-corrected chi connectivity index (χ1v) is 6.88. The van der Waals surface area contributed by atoms with Gasteiger partial charge in [0, 0.05) is 17.1 Å². The van der Waals surface area contributed by atoms with Crippen LogP contribution in [0.4, 0.5) is 5.69 Å². The predicted molar refractivity (Wildman–Crippen MR) is 69.6 cm³/mol. The molecule has 0 atom stereocenters. The Morgan fingerprint density at radius 2 is 1.73 bits per heavy atom. The van der Waals surface area contributed by atoms with Crippen molar-refractivity contribution >= 4 is 21.6 Å². The molecule has 0 heterocycles. The number of para-hydroxylation sites is 1. The molecule has 1 aliphatic carbocycles. The molecule has 0 amide bonds. The van der Waals surface area contributed by atoms with E-state index in [9.17, 15) is 0 Å². The Morgan fingerprint density at radius 3 is 2.33 bits per heavy atom. The zero-order chi connectivity index (χ0) is 10.5. The minimum atomic E-state index is 0.683. The fourth-order valence-corrected chi connectivity index (χ4v) is 2.88. The van der Waals surface area contributed by atoms with Crippen molar-refractivity contribution < 1.29 is 0 Å². The number of benzene rings is 1. The highest BCUT2D eigenvalue weighted by Crippen LogP contribution is 2.27. The van der Waals surface area contributed by atoms with Crippen LogP contribution in [0.2, 0.25) is 0 Å². The lowest BCUT2D eigenvalue weighted by atomic mass is 9.87. The molecule has 0 saturated heterocycles. The SMILES string of the molecule is BrCC1CCC(Nc2ccccc2)CC1. The fraction of sp³-hybridized carbons (Fsp3) is 0.538. The van der Waals surface area contributed by atoms with Crippen molar-refractivity contribution in [1.82, 2.24) is 0 Å². The molecule has 1 fully saturated rings. The first-order chi connectivity index (χ1) is 7.38. The van der Waals surface area contributed by atoms with E-state index in [0.717, 1.165) is 5.92 Å². The number of nitrogens with one attached hydrogen (secondary N) is 1. The quantitative estimate of drug-likeness (QED) is 0.815. The summed E-state index contributed by atoms with van der Waals surface area (Å²) in [6.07, 6.45) is 5.34. The van der Waals surface area contributed by atoms with Crippen LogP contribution < -0.4 is 5.32 Å². The maximum Gasteiger partial charge on any atom is 0.0342 e. The van der Waals surface area contributed by atoms with Gasteiger partial charge < -0.3 is 5.32 Å². The molecule has 82 valence electrons. The van der Waals surface area contributed by atoms with E-state index >= 15 is 0 Å².